The van der Waals surface area contributed by atoms with Crippen LogP contribution in [0.25, 0.3) is 0 Å². The Kier molecular flexibility index (Phi) is 2.02. The molecule has 10 heavy (non-hydrogen) atoms. The summed E-state index contributed by atoms with van der Waals surface area (Å²) in [6, 6.07) is 0. The van der Waals surface area contributed by atoms with Crippen LogP contribution in [0.3, 0.4) is 0 Å². The molecule has 60 valence electrons. The van der Waals surface area contributed by atoms with Crippen LogP contribution in [0, 0.1) is 5.92 Å². The fraction of sp³-hybridized carbons (Fsp3) is 1.00. The van der Waals surface area contributed by atoms with Crippen LogP contribution in [-0.2, 0) is 0 Å². The van der Waals surface area contributed by atoms with Gasteiger partial charge in [0, 0.05) is 12.1 Å². The van der Waals surface area contributed by atoms with Gasteiger partial charge in [-0.2, -0.15) is 0 Å². The van der Waals surface area contributed by atoms with E-state index in [0.29, 0.717) is 0 Å². The number of aliphatic hydroxyl groups is 1. The topological polar surface area (TPSA) is 23.5 Å². The summed E-state index contributed by atoms with van der Waals surface area (Å²) in [6.07, 6.45) is 1.12. The first-order valence-electron chi connectivity index (χ1n) is 3.90. The maximum atomic E-state index is 9.07. The van der Waals surface area contributed by atoms with E-state index in [2.05, 4.69) is 25.8 Å². The Bertz CT molecular complexity index is 126. The first kappa shape index (κ1) is 8.02. The quantitative estimate of drug-likeness (QED) is 0.584. The SMILES string of the molecule is CC1CN(C)C(C)(CO)C1. The van der Waals surface area contributed by atoms with Crippen molar-refractivity contribution in [3.63, 3.8) is 0 Å². The molecule has 1 rings (SSSR count). The van der Waals surface area contributed by atoms with E-state index < -0.39 is 0 Å². The van der Waals surface area contributed by atoms with Gasteiger partial charge in [-0.25, -0.2) is 0 Å². The predicted octanol–water partition coefficient (Wildman–Crippen LogP) is 0.709. The molecule has 1 aliphatic rings. The second kappa shape index (κ2) is 2.51. The minimum absolute atomic E-state index is 0.0550. The molecule has 2 unspecified atom stereocenters. The number of aliphatic hydroxyl groups excluding tert-OH is 1. The van der Waals surface area contributed by atoms with E-state index in [4.69, 9.17) is 5.11 Å². The second-order valence-electron chi connectivity index (χ2n) is 3.84. The standard InChI is InChI=1S/C8H17NO/c1-7-4-8(2,6-10)9(3)5-7/h7,10H,4-6H2,1-3H3. The molecule has 0 spiro atoms. The number of rotatable bonds is 1. The zero-order valence-electron chi connectivity index (χ0n) is 7.09. The van der Waals surface area contributed by atoms with E-state index in [1.54, 1.807) is 0 Å². The van der Waals surface area contributed by atoms with E-state index in [9.17, 15) is 0 Å². The minimum atomic E-state index is 0.0550. The smallest absolute Gasteiger partial charge is 0.0612 e. The summed E-state index contributed by atoms with van der Waals surface area (Å²) in [6.45, 7) is 5.76. The van der Waals surface area contributed by atoms with Crippen LogP contribution in [0.15, 0.2) is 0 Å². The van der Waals surface area contributed by atoms with Crippen LogP contribution in [0.2, 0.25) is 0 Å². The van der Waals surface area contributed by atoms with Crippen molar-refractivity contribution in [3.05, 3.63) is 0 Å². The van der Waals surface area contributed by atoms with Crippen molar-refractivity contribution in [2.24, 2.45) is 5.92 Å². The molecule has 1 N–H and O–H groups in total. The summed E-state index contributed by atoms with van der Waals surface area (Å²) in [4.78, 5) is 2.25. The molecule has 0 aromatic heterocycles. The molecular weight excluding hydrogens is 126 g/mol. The van der Waals surface area contributed by atoms with Gasteiger partial charge in [0.05, 0.1) is 6.61 Å². The molecule has 2 heteroatoms. The maximum absolute atomic E-state index is 9.07. The number of likely N-dealkylation sites (N-methyl/N-ethyl adjacent to an activating group) is 1. The molecule has 1 saturated heterocycles. The molecule has 0 aromatic rings. The van der Waals surface area contributed by atoms with Crippen LogP contribution >= 0.6 is 0 Å². The number of nitrogens with zero attached hydrogens (tertiary/aromatic N) is 1. The fourth-order valence-corrected chi connectivity index (χ4v) is 1.84. The highest BCUT2D eigenvalue weighted by Crippen LogP contribution is 2.30. The Morgan fingerprint density at radius 3 is 2.50 bits per heavy atom. The van der Waals surface area contributed by atoms with Crippen molar-refractivity contribution in [3.8, 4) is 0 Å². The third-order valence-corrected chi connectivity index (χ3v) is 2.64. The highest BCUT2D eigenvalue weighted by atomic mass is 16.3. The van der Waals surface area contributed by atoms with Gasteiger partial charge < -0.3 is 5.11 Å². The van der Waals surface area contributed by atoms with E-state index in [-0.39, 0.29) is 12.1 Å². The molecule has 0 amide bonds. The number of hydrogen-bond donors (Lipinski definition) is 1. The van der Waals surface area contributed by atoms with E-state index in [1.807, 2.05) is 0 Å². The fourth-order valence-electron chi connectivity index (χ4n) is 1.84. The molecule has 0 aliphatic carbocycles. The van der Waals surface area contributed by atoms with Crippen LogP contribution < -0.4 is 0 Å². The van der Waals surface area contributed by atoms with Gasteiger partial charge in [-0.1, -0.05) is 6.92 Å². The van der Waals surface area contributed by atoms with Gasteiger partial charge in [-0.3, -0.25) is 4.90 Å². The lowest BCUT2D eigenvalue weighted by atomic mass is 9.96. The van der Waals surface area contributed by atoms with E-state index in [1.165, 1.54) is 0 Å². The van der Waals surface area contributed by atoms with Crippen LogP contribution in [-0.4, -0.2) is 35.7 Å². The third-order valence-electron chi connectivity index (χ3n) is 2.64. The maximum Gasteiger partial charge on any atom is 0.0612 e. The lowest BCUT2D eigenvalue weighted by Gasteiger charge is -2.29. The highest BCUT2D eigenvalue weighted by Gasteiger charge is 2.36. The first-order valence-corrected chi connectivity index (χ1v) is 3.90. The second-order valence-corrected chi connectivity index (χ2v) is 3.84. The summed E-state index contributed by atoms with van der Waals surface area (Å²) in [5.41, 5.74) is 0.0550. The molecule has 2 atom stereocenters. The van der Waals surface area contributed by atoms with Gasteiger partial charge in [0.1, 0.15) is 0 Å². The van der Waals surface area contributed by atoms with Gasteiger partial charge >= 0.3 is 0 Å². The Morgan fingerprint density at radius 1 is 1.70 bits per heavy atom. The van der Waals surface area contributed by atoms with Gasteiger partial charge in [0.15, 0.2) is 0 Å². The highest BCUT2D eigenvalue weighted by molar-refractivity contribution is 4.92. The van der Waals surface area contributed by atoms with Crippen LogP contribution in [0.5, 0.6) is 0 Å². The number of hydrogen-bond acceptors (Lipinski definition) is 2. The molecule has 0 saturated carbocycles. The number of likely N-dealkylation sites (tertiary alicyclic amines) is 1. The Labute approximate surface area is 62.8 Å². The Morgan fingerprint density at radius 2 is 2.30 bits per heavy atom. The third kappa shape index (κ3) is 1.18. The van der Waals surface area contributed by atoms with Crippen LogP contribution in [0.4, 0.5) is 0 Å². The van der Waals surface area contributed by atoms with Crippen molar-refractivity contribution in [2.45, 2.75) is 25.8 Å². The first-order chi connectivity index (χ1) is 4.58. The summed E-state index contributed by atoms with van der Waals surface area (Å²) >= 11 is 0. The summed E-state index contributed by atoms with van der Waals surface area (Å²) < 4.78 is 0. The zero-order chi connectivity index (χ0) is 7.78. The van der Waals surface area contributed by atoms with E-state index in [0.717, 1.165) is 18.9 Å². The van der Waals surface area contributed by atoms with Gasteiger partial charge in [0.25, 0.3) is 0 Å². The van der Waals surface area contributed by atoms with Gasteiger partial charge in [0.2, 0.25) is 0 Å². The molecule has 0 aromatic carbocycles. The summed E-state index contributed by atoms with van der Waals surface area (Å²) in [5.74, 6) is 0.738. The van der Waals surface area contributed by atoms with Crippen molar-refractivity contribution in [1.29, 1.82) is 0 Å². The molecule has 0 bridgehead atoms. The predicted molar refractivity (Wildman–Crippen MR) is 41.9 cm³/mol. The minimum Gasteiger partial charge on any atom is -0.394 e. The zero-order valence-corrected chi connectivity index (χ0v) is 7.09. The van der Waals surface area contributed by atoms with E-state index >= 15 is 0 Å². The average molecular weight is 143 g/mol. The molecule has 0 radical (unpaired) electrons. The molecule has 1 aliphatic heterocycles. The summed E-state index contributed by atoms with van der Waals surface area (Å²) in [7, 11) is 2.08. The van der Waals surface area contributed by atoms with Crippen molar-refractivity contribution in [1.82, 2.24) is 4.90 Å². The van der Waals surface area contributed by atoms with Crippen LogP contribution in [0.1, 0.15) is 20.3 Å². The lowest BCUT2D eigenvalue weighted by molar-refractivity contribution is 0.100. The van der Waals surface area contributed by atoms with Crippen molar-refractivity contribution >= 4 is 0 Å². The average Bonchev–Trinajstić information content (AvgIpc) is 2.09. The lowest BCUT2D eigenvalue weighted by Crippen LogP contribution is -2.41. The summed E-state index contributed by atoms with van der Waals surface area (Å²) in [5, 5.41) is 9.07. The van der Waals surface area contributed by atoms with Gasteiger partial charge in [-0.05, 0) is 26.3 Å². The monoisotopic (exact) mass is 143 g/mol. The largest absolute Gasteiger partial charge is 0.394 e. The molecule has 1 heterocycles. The molecule has 1 fully saturated rings. The molecular formula is C8H17NO. The Hall–Kier alpha value is -0.0800. The normalized spacial score (nSPS) is 42.6. The van der Waals surface area contributed by atoms with Gasteiger partial charge in [-0.15, -0.1) is 0 Å². The molecule has 2 nitrogen and oxygen atoms in total. The van der Waals surface area contributed by atoms with Crippen molar-refractivity contribution < 1.29 is 5.11 Å². The Balaban J connectivity index is 2.61. The van der Waals surface area contributed by atoms with Crippen molar-refractivity contribution in [2.75, 3.05) is 20.2 Å².